The first-order valence-electron chi connectivity index (χ1n) is 7.69. The van der Waals surface area contributed by atoms with E-state index in [4.69, 9.17) is 0 Å². The molecular formula is C21H16N2. The van der Waals surface area contributed by atoms with E-state index >= 15 is 0 Å². The van der Waals surface area contributed by atoms with Gasteiger partial charge < -0.3 is 0 Å². The standard InChI is InChI=1S/C21H16N2/c1-15-13-19(21-20(23-15)11-6-12-22-21)18-10-5-9-17(14-18)16-7-3-2-4-8-16/h2-14H,1H3. The molecule has 4 rings (SSSR count). The fourth-order valence-corrected chi connectivity index (χ4v) is 2.91. The van der Waals surface area contributed by atoms with E-state index in [1.807, 2.05) is 31.3 Å². The zero-order chi connectivity index (χ0) is 15.6. The monoisotopic (exact) mass is 296 g/mol. The molecule has 2 heteroatoms. The molecule has 0 unspecified atom stereocenters. The Morgan fingerprint density at radius 1 is 0.696 bits per heavy atom. The normalized spacial score (nSPS) is 10.8. The van der Waals surface area contributed by atoms with Crippen molar-refractivity contribution in [1.29, 1.82) is 0 Å². The Hall–Kier alpha value is -3.00. The van der Waals surface area contributed by atoms with Gasteiger partial charge in [0, 0.05) is 17.5 Å². The Kier molecular flexibility index (Phi) is 3.35. The Morgan fingerprint density at radius 2 is 1.48 bits per heavy atom. The number of pyridine rings is 2. The summed E-state index contributed by atoms with van der Waals surface area (Å²) in [6, 6.07) is 25.1. The molecule has 2 nitrogen and oxygen atoms in total. The van der Waals surface area contributed by atoms with Crippen molar-refractivity contribution in [2.75, 3.05) is 0 Å². The van der Waals surface area contributed by atoms with Crippen LogP contribution in [-0.4, -0.2) is 9.97 Å². The molecular weight excluding hydrogens is 280 g/mol. The van der Waals surface area contributed by atoms with Gasteiger partial charge in [-0.15, -0.1) is 0 Å². The number of fused-ring (bicyclic) bond motifs is 1. The van der Waals surface area contributed by atoms with Crippen LogP contribution in [0.25, 0.3) is 33.3 Å². The average molecular weight is 296 g/mol. The number of rotatable bonds is 2. The molecule has 2 aromatic heterocycles. The van der Waals surface area contributed by atoms with Gasteiger partial charge in [0.25, 0.3) is 0 Å². The zero-order valence-corrected chi connectivity index (χ0v) is 12.9. The van der Waals surface area contributed by atoms with Gasteiger partial charge in [0.05, 0.1) is 11.0 Å². The number of hydrogen-bond donors (Lipinski definition) is 0. The number of nitrogens with zero attached hydrogens (tertiary/aromatic N) is 2. The molecule has 2 aromatic carbocycles. The lowest BCUT2D eigenvalue weighted by Crippen LogP contribution is -1.91. The predicted molar refractivity (Wildman–Crippen MR) is 95.1 cm³/mol. The molecule has 4 aromatic rings. The lowest BCUT2D eigenvalue weighted by molar-refractivity contribution is 1.24. The minimum absolute atomic E-state index is 0.938. The molecule has 110 valence electrons. The van der Waals surface area contributed by atoms with Crippen molar-refractivity contribution in [2.24, 2.45) is 0 Å². The quantitative estimate of drug-likeness (QED) is 0.503. The van der Waals surface area contributed by atoms with Crippen molar-refractivity contribution < 1.29 is 0 Å². The first kappa shape index (κ1) is 13.6. The summed E-state index contributed by atoms with van der Waals surface area (Å²) in [6.07, 6.45) is 1.82. The van der Waals surface area contributed by atoms with Gasteiger partial charge >= 0.3 is 0 Å². The Bertz CT molecular complexity index is 975. The van der Waals surface area contributed by atoms with E-state index in [-0.39, 0.29) is 0 Å². The van der Waals surface area contributed by atoms with Crippen LogP contribution in [0, 0.1) is 6.92 Å². The number of hydrogen-bond acceptors (Lipinski definition) is 2. The second-order valence-electron chi connectivity index (χ2n) is 5.63. The van der Waals surface area contributed by atoms with Crippen molar-refractivity contribution in [2.45, 2.75) is 6.92 Å². The van der Waals surface area contributed by atoms with Gasteiger partial charge in [0.15, 0.2) is 0 Å². The summed E-state index contributed by atoms with van der Waals surface area (Å²) >= 11 is 0. The third-order valence-electron chi connectivity index (χ3n) is 3.97. The average Bonchev–Trinajstić information content (AvgIpc) is 2.62. The van der Waals surface area contributed by atoms with Crippen molar-refractivity contribution in [3.05, 3.63) is 84.7 Å². The van der Waals surface area contributed by atoms with Crippen molar-refractivity contribution in [1.82, 2.24) is 9.97 Å². The summed E-state index contributed by atoms with van der Waals surface area (Å²) < 4.78 is 0. The summed E-state index contributed by atoms with van der Waals surface area (Å²) in [5, 5.41) is 0. The molecule has 0 saturated heterocycles. The summed E-state index contributed by atoms with van der Waals surface area (Å²) in [4.78, 5) is 9.12. The van der Waals surface area contributed by atoms with Crippen molar-refractivity contribution in [3.8, 4) is 22.3 Å². The van der Waals surface area contributed by atoms with Gasteiger partial charge in [-0.1, -0.05) is 48.5 Å². The van der Waals surface area contributed by atoms with Gasteiger partial charge in [-0.3, -0.25) is 9.97 Å². The number of aryl methyl sites for hydroxylation is 1. The van der Waals surface area contributed by atoms with Crippen LogP contribution >= 0.6 is 0 Å². The van der Waals surface area contributed by atoms with Gasteiger partial charge in [-0.25, -0.2) is 0 Å². The van der Waals surface area contributed by atoms with Gasteiger partial charge in [-0.05, 0) is 47.9 Å². The van der Waals surface area contributed by atoms with Gasteiger partial charge in [-0.2, -0.15) is 0 Å². The van der Waals surface area contributed by atoms with Crippen LogP contribution in [0.2, 0.25) is 0 Å². The first-order chi connectivity index (χ1) is 11.3. The molecule has 0 aliphatic carbocycles. The summed E-state index contributed by atoms with van der Waals surface area (Å²) in [6.45, 7) is 2.02. The van der Waals surface area contributed by atoms with E-state index in [0.717, 1.165) is 22.3 Å². The molecule has 0 fully saturated rings. The van der Waals surface area contributed by atoms with E-state index in [0.29, 0.717) is 0 Å². The molecule has 0 atom stereocenters. The Balaban J connectivity index is 1.92. The smallest absolute Gasteiger partial charge is 0.0965 e. The van der Waals surface area contributed by atoms with E-state index in [9.17, 15) is 0 Å². The molecule has 0 aliphatic rings. The lowest BCUT2D eigenvalue weighted by Gasteiger charge is -2.09. The van der Waals surface area contributed by atoms with Gasteiger partial charge in [0.2, 0.25) is 0 Å². The van der Waals surface area contributed by atoms with Crippen LogP contribution in [0.15, 0.2) is 79.0 Å². The Morgan fingerprint density at radius 3 is 2.35 bits per heavy atom. The van der Waals surface area contributed by atoms with E-state index in [1.54, 1.807) is 0 Å². The van der Waals surface area contributed by atoms with Crippen molar-refractivity contribution in [3.63, 3.8) is 0 Å². The second-order valence-corrected chi connectivity index (χ2v) is 5.63. The van der Waals surface area contributed by atoms with Crippen LogP contribution in [0.3, 0.4) is 0 Å². The van der Waals surface area contributed by atoms with Gasteiger partial charge in [0.1, 0.15) is 0 Å². The summed E-state index contributed by atoms with van der Waals surface area (Å²) in [7, 11) is 0. The third kappa shape index (κ3) is 2.59. The first-order valence-corrected chi connectivity index (χ1v) is 7.69. The minimum atomic E-state index is 0.938. The minimum Gasteiger partial charge on any atom is -0.254 e. The number of benzene rings is 2. The molecule has 0 saturated carbocycles. The molecule has 2 heterocycles. The Labute approximate surface area is 135 Å². The third-order valence-corrected chi connectivity index (χ3v) is 3.97. The highest BCUT2D eigenvalue weighted by Gasteiger charge is 2.08. The van der Waals surface area contributed by atoms with Crippen LogP contribution in [-0.2, 0) is 0 Å². The highest BCUT2D eigenvalue weighted by atomic mass is 14.8. The maximum absolute atomic E-state index is 4.58. The number of aromatic nitrogens is 2. The second kappa shape index (κ2) is 5.65. The molecule has 0 N–H and O–H groups in total. The molecule has 0 bridgehead atoms. The molecule has 0 aliphatic heterocycles. The maximum atomic E-state index is 4.58. The van der Waals surface area contributed by atoms with E-state index in [1.165, 1.54) is 16.7 Å². The highest BCUT2D eigenvalue weighted by Crippen LogP contribution is 2.30. The van der Waals surface area contributed by atoms with Crippen LogP contribution in [0.5, 0.6) is 0 Å². The SMILES string of the molecule is Cc1cc(-c2cccc(-c3ccccc3)c2)c2ncccc2n1. The van der Waals surface area contributed by atoms with Crippen LogP contribution < -0.4 is 0 Å². The topological polar surface area (TPSA) is 25.8 Å². The van der Waals surface area contributed by atoms with Crippen LogP contribution in [0.4, 0.5) is 0 Å². The van der Waals surface area contributed by atoms with E-state index < -0.39 is 0 Å². The molecule has 0 radical (unpaired) electrons. The highest BCUT2D eigenvalue weighted by molar-refractivity contribution is 5.92. The maximum Gasteiger partial charge on any atom is 0.0965 e. The fourth-order valence-electron chi connectivity index (χ4n) is 2.91. The van der Waals surface area contributed by atoms with E-state index in [2.05, 4.69) is 64.6 Å². The summed E-state index contributed by atoms with van der Waals surface area (Å²) in [5.41, 5.74) is 7.62. The summed E-state index contributed by atoms with van der Waals surface area (Å²) in [5.74, 6) is 0. The lowest BCUT2D eigenvalue weighted by atomic mass is 9.98. The molecule has 0 amide bonds. The van der Waals surface area contributed by atoms with Crippen LogP contribution in [0.1, 0.15) is 5.69 Å². The molecule has 0 spiro atoms. The zero-order valence-electron chi connectivity index (χ0n) is 12.9. The largest absolute Gasteiger partial charge is 0.254 e. The molecule has 23 heavy (non-hydrogen) atoms. The van der Waals surface area contributed by atoms with Crippen molar-refractivity contribution >= 4 is 11.0 Å². The predicted octanol–water partition coefficient (Wildman–Crippen LogP) is 5.27. The fraction of sp³-hybridized carbons (Fsp3) is 0.0476.